The molecule has 0 atom stereocenters. The molecule has 0 unspecified atom stereocenters. The third kappa shape index (κ3) is 2.06. The number of rotatable bonds is 2. The lowest BCUT2D eigenvalue weighted by atomic mass is 10.2. The maximum absolute atomic E-state index is 12.7. The summed E-state index contributed by atoms with van der Waals surface area (Å²) in [6.07, 6.45) is 1.84. The molecule has 0 radical (unpaired) electrons. The molecule has 0 saturated carbocycles. The maximum atomic E-state index is 12.7. The topological polar surface area (TPSA) is 65.1 Å². The first-order valence-electron chi connectivity index (χ1n) is 6.56. The van der Waals surface area contributed by atoms with Gasteiger partial charge in [-0.05, 0) is 32.2 Å². The smallest absolute Gasteiger partial charge is 0.269 e. The molecule has 2 heterocycles. The third-order valence-corrected chi connectivity index (χ3v) is 3.97. The average Bonchev–Trinajstić information content (AvgIpc) is 2.46. The van der Waals surface area contributed by atoms with E-state index in [9.17, 15) is 9.59 Å². The van der Waals surface area contributed by atoms with Crippen LogP contribution in [-0.2, 0) is 0 Å². The molecule has 0 spiro atoms. The van der Waals surface area contributed by atoms with E-state index >= 15 is 0 Å². The fraction of sp³-hybridized carbons (Fsp3) is 0.267. The van der Waals surface area contributed by atoms with Crippen molar-refractivity contribution in [2.24, 2.45) is 0 Å². The molecule has 3 rings (SSSR count). The van der Waals surface area contributed by atoms with Crippen LogP contribution in [0.25, 0.3) is 22.1 Å². The van der Waals surface area contributed by atoms with Gasteiger partial charge in [-0.2, -0.15) is 4.98 Å². The normalized spacial score (nSPS) is 11.6. The molecule has 0 aliphatic carbocycles. The number of fused-ring (bicyclic) bond motifs is 2. The summed E-state index contributed by atoms with van der Waals surface area (Å²) >= 11 is 1.35. The zero-order valence-corrected chi connectivity index (χ0v) is 12.7. The van der Waals surface area contributed by atoms with Gasteiger partial charge in [0.05, 0.1) is 5.39 Å². The van der Waals surface area contributed by atoms with Crippen molar-refractivity contribution in [2.75, 3.05) is 6.26 Å². The van der Waals surface area contributed by atoms with Gasteiger partial charge in [0.2, 0.25) is 11.1 Å². The van der Waals surface area contributed by atoms with Crippen LogP contribution in [0.15, 0.2) is 43.4 Å². The highest BCUT2D eigenvalue weighted by atomic mass is 32.2. The van der Waals surface area contributed by atoms with Crippen molar-refractivity contribution >= 4 is 33.8 Å². The number of hydrogen-bond acceptors (Lipinski definition) is 5. The van der Waals surface area contributed by atoms with Crippen molar-refractivity contribution in [1.29, 1.82) is 0 Å². The summed E-state index contributed by atoms with van der Waals surface area (Å²) in [7, 11) is 0. The molecule has 5 nitrogen and oxygen atoms in total. The summed E-state index contributed by atoms with van der Waals surface area (Å²) in [4.78, 5) is 29.6. The summed E-state index contributed by atoms with van der Waals surface area (Å²) in [5.41, 5.74) is -0.133. The molecule has 0 fully saturated rings. The molecule has 0 N–H and O–H groups in total. The van der Waals surface area contributed by atoms with Gasteiger partial charge in [-0.25, -0.2) is 0 Å². The van der Waals surface area contributed by atoms with Crippen LogP contribution in [0.1, 0.15) is 19.9 Å². The first kappa shape index (κ1) is 13.9. The largest absolute Gasteiger partial charge is 0.437 e. The predicted molar refractivity (Wildman–Crippen MR) is 84.2 cm³/mol. The Bertz CT molecular complexity index is 957. The van der Waals surface area contributed by atoms with Crippen molar-refractivity contribution in [1.82, 2.24) is 9.55 Å². The fourth-order valence-electron chi connectivity index (χ4n) is 2.34. The van der Waals surface area contributed by atoms with Gasteiger partial charge < -0.3 is 4.42 Å². The van der Waals surface area contributed by atoms with Crippen LogP contribution < -0.4 is 11.0 Å². The van der Waals surface area contributed by atoms with E-state index in [-0.39, 0.29) is 28.1 Å². The molecule has 0 bridgehead atoms. The van der Waals surface area contributed by atoms with Crippen LogP contribution in [0.4, 0.5) is 0 Å². The van der Waals surface area contributed by atoms with Crippen molar-refractivity contribution in [2.45, 2.75) is 25.0 Å². The summed E-state index contributed by atoms with van der Waals surface area (Å²) in [5.74, 6) is 0. The van der Waals surface area contributed by atoms with Gasteiger partial charge in [-0.1, -0.05) is 23.9 Å². The molecule has 1 aromatic carbocycles. The molecule has 2 aromatic heterocycles. The standard InChI is InChI=1S/C15H14N2O3S/c1-8(2)17-14(19)11-12(18)9-6-4-5-7-10(9)20-13(11)16-15(17)21-3/h4-8H,1-3H3. The molecule has 6 heteroatoms. The van der Waals surface area contributed by atoms with E-state index in [4.69, 9.17) is 4.42 Å². The summed E-state index contributed by atoms with van der Waals surface area (Å²) < 4.78 is 7.17. The SMILES string of the molecule is CSc1nc2oc3ccccc3c(=O)c2c(=O)n1C(C)C. The van der Waals surface area contributed by atoms with E-state index in [1.54, 1.807) is 24.3 Å². The molecular formula is C15H14N2O3S. The predicted octanol–water partition coefficient (Wildman–Crippen LogP) is 2.81. The van der Waals surface area contributed by atoms with Gasteiger partial charge in [0, 0.05) is 6.04 Å². The van der Waals surface area contributed by atoms with Crippen LogP contribution in [0, 0.1) is 0 Å². The van der Waals surface area contributed by atoms with Crippen molar-refractivity contribution in [3.8, 4) is 0 Å². The quantitative estimate of drug-likeness (QED) is 0.414. The Hall–Kier alpha value is -2.08. The average molecular weight is 302 g/mol. The number of aromatic nitrogens is 2. The highest BCUT2D eigenvalue weighted by Gasteiger charge is 2.18. The Balaban J connectivity index is 2.59. The van der Waals surface area contributed by atoms with Gasteiger partial charge in [-0.15, -0.1) is 0 Å². The van der Waals surface area contributed by atoms with E-state index in [2.05, 4.69) is 4.98 Å². The highest BCUT2D eigenvalue weighted by molar-refractivity contribution is 7.98. The Morgan fingerprint density at radius 2 is 1.95 bits per heavy atom. The summed E-state index contributed by atoms with van der Waals surface area (Å²) in [6.45, 7) is 3.77. The van der Waals surface area contributed by atoms with E-state index < -0.39 is 0 Å². The molecule has 0 aliphatic rings. The molecular weight excluding hydrogens is 288 g/mol. The lowest BCUT2D eigenvalue weighted by Gasteiger charge is -2.14. The zero-order chi connectivity index (χ0) is 15.1. The minimum absolute atomic E-state index is 0.0141. The van der Waals surface area contributed by atoms with Gasteiger partial charge in [0.1, 0.15) is 5.58 Å². The zero-order valence-electron chi connectivity index (χ0n) is 11.9. The second-order valence-electron chi connectivity index (χ2n) is 4.97. The maximum Gasteiger partial charge on any atom is 0.269 e. The van der Waals surface area contributed by atoms with Gasteiger partial charge in [0.15, 0.2) is 10.5 Å². The number of para-hydroxylation sites is 1. The van der Waals surface area contributed by atoms with Gasteiger partial charge >= 0.3 is 0 Å². The molecule has 0 aliphatic heterocycles. The van der Waals surface area contributed by atoms with Crippen LogP contribution in [0.5, 0.6) is 0 Å². The number of nitrogens with zero attached hydrogens (tertiary/aromatic N) is 2. The molecule has 0 amide bonds. The van der Waals surface area contributed by atoms with Crippen LogP contribution in [0.3, 0.4) is 0 Å². The Morgan fingerprint density at radius 1 is 1.24 bits per heavy atom. The van der Waals surface area contributed by atoms with Crippen molar-refractivity contribution < 1.29 is 4.42 Å². The lowest BCUT2D eigenvalue weighted by molar-refractivity contribution is 0.509. The van der Waals surface area contributed by atoms with Crippen molar-refractivity contribution in [3.63, 3.8) is 0 Å². The van der Waals surface area contributed by atoms with E-state index in [1.807, 2.05) is 20.1 Å². The monoisotopic (exact) mass is 302 g/mol. The minimum Gasteiger partial charge on any atom is -0.437 e. The molecule has 108 valence electrons. The lowest BCUT2D eigenvalue weighted by Crippen LogP contribution is -2.28. The van der Waals surface area contributed by atoms with Crippen LogP contribution >= 0.6 is 11.8 Å². The highest BCUT2D eigenvalue weighted by Crippen LogP contribution is 2.20. The van der Waals surface area contributed by atoms with Gasteiger partial charge in [-0.3, -0.25) is 14.2 Å². The third-order valence-electron chi connectivity index (χ3n) is 3.31. The van der Waals surface area contributed by atoms with E-state index in [0.717, 1.165) is 0 Å². The Morgan fingerprint density at radius 3 is 2.62 bits per heavy atom. The second kappa shape index (κ2) is 5.04. The fourth-order valence-corrected chi connectivity index (χ4v) is 3.01. The Kier molecular flexibility index (Phi) is 3.33. The van der Waals surface area contributed by atoms with Crippen LogP contribution in [-0.4, -0.2) is 15.8 Å². The first-order chi connectivity index (χ1) is 10.0. The number of hydrogen-bond donors (Lipinski definition) is 0. The molecule has 0 saturated heterocycles. The van der Waals surface area contributed by atoms with E-state index in [0.29, 0.717) is 16.1 Å². The van der Waals surface area contributed by atoms with Gasteiger partial charge in [0.25, 0.3) is 5.56 Å². The molecule has 3 aromatic rings. The summed E-state index contributed by atoms with van der Waals surface area (Å²) in [6, 6.07) is 6.80. The molecule has 21 heavy (non-hydrogen) atoms. The Labute approximate surface area is 124 Å². The number of benzene rings is 1. The number of thioether (sulfide) groups is 1. The van der Waals surface area contributed by atoms with Crippen molar-refractivity contribution in [3.05, 3.63) is 44.8 Å². The second-order valence-corrected chi connectivity index (χ2v) is 5.75. The minimum atomic E-state index is -0.348. The summed E-state index contributed by atoms with van der Waals surface area (Å²) in [5, 5.41) is 0.956. The first-order valence-corrected chi connectivity index (χ1v) is 7.79. The van der Waals surface area contributed by atoms with E-state index in [1.165, 1.54) is 16.3 Å². The van der Waals surface area contributed by atoms with Crippen LogP contribution in [0.2, 0.25) is 0 Å².